The summed E-state index contributed by atoms with van der Waals surface area (Å²) in [6, 6.07) is 5.78. The van der Waals surface area contributed by atoms with Crippen molar-refractivity contribution in [3.8, 4) is 0 Å². The van der Waals surface area contributed by atoms with Gasteiger partial charge in [0.2, 0.25) is 5.95 Å². The number of hydrogen-bond donors (Lipinski definition) is 2. The van der Waals surface area contributed by atoms with Crippen LogP contribution in [0.1, 0.15) is 35.8 Å². The standard InChI is InChI=1S/C16H16N4O4/c1-3-24-15(23)12-9(2)19-16-17-8-18-20(16)13(12)10-4-6-11(7-5-10)14(21)22/h4-8,13H,3H2,1-2H3,(H,21,22)(H,17,18,19)/t13-/m0/s1. The van der Waals surface area contributed by atoms with Crippen molar-refractivity contribution in [1.82, 2.24) is 14.8 Å². The number of carbonyl (C=O) groups excluding carboxylic acids is 1. The van der Waals surface area contributed by atoms with E-state index in [1.54, 1.807) is 30.7 Å². The second kappa shape index (κ2) is 6.15. The van der Waals surface area contributed by atoms with Crippen molar-refractivity contribution in [2.24, 2.45) is 0 Å². The maximum Gasteiger partial charge on any atom is 0.338 e. The summed E-state index contributed by atoms with van der Waals surface area (Å²) in [4.78, 5) is 27.6. The molecule has 0 fully saturated rings. The van der Waals surface area contributed by atoms with E-state index in [4.69, 9.17) is 9.84 Å². The number of ether oxygens (including phenoxy) is 1. The van der Waals surface area contributed by atoms with Gasteiger partial charge in [-0.3, -0.25) is 0 Å². The number of anilines is 1. The van der Waals surface area contributed by atoms with Crippen LogP contribution in [-0.4, -0.2) is 38.4 Å². The molecular weight excluding hydrogens is 312 g/mol. The molecule has 8 nitrogen and oxygen atoms in total. The second-order valence-electron chi connectivity index (χ2n) is 5.24. The lowest BCUT2D eigenvalue weighted by atomic mass is 9.95. The molecule has 1 aromatic heterocycles. The third kappa shape index (κ3) is 2.62. The lowest BCUT2D eigenvalue weighted by Gasteiger charge is -2.28. The zero-order chi connectivity index (χ0) is 17.3. The van der Waals surface area contributed by atoms with Gasteiger partial charge in [-0.15, -0.1) is 0 Å². The number of allylic oxidation sites excluding steroid dienone is 1. The molecule has 0 saturated heterocycles. The van der Waals surface area contributed by atoms with Crippen molar-refractivity contribution in [2.75, 3.05) is 11.9 Å². The lowest BCUT2D eigenvalue weighted by Crippen LogP contribution is -2.29. The number of benzene rings is 1. The average Bonchev–Trinajstić information content (AvgIpc) is 3.01. The van der Waals surface area contributed by atoms with E-state index in [-0.39, 0.29) is 12.2 Å². The topological polar surface area (TPSA) is 106 Å². The largest absolute Gasteiger partial charge is 0.478 e. The van der Waals surface area contributed by atoms with Gasteiger partial charge in [0.05, 0.1) is 17.7 Å². The number of carboxylic acid groups (broad SMARTS) is 1. The van der Waals surface area contributed by atoms with Crippen molar-refractivity contribution in [2.45, 2.75) is 19.9 Å². The minimum absolute atomic E-state index is 0.171. The quantitative estimate of drug-likeness (QED) is 0.825. The van der Waals surface area contributed by atoms with E-state index >= 15 is 0 Å². The molecule has 1 atom stereocenters. The molecule has 1 aliphatic heterocycles. The van der Waals surface area contributed by atoms with Crippen molar-refractivity contribution in [1.29, 1.82) is 0 Å². The summed E-state index contributed by atoms with van der Waals surface area (Å²) < 4.78 is 6.74. The minimum atomic E-state index is -1.01. The van der Waals surface area contributed by atoms with Crippen LogP contribution in [-0.2, 0) is 9.53 Å². The Labute approximate surface area is 137 Å². The monoisotopic (exact) mass is 328 g/mol. The summed E-state index contributed by atoms with van der Waals surface area (Å²) in [7, 11) is 0. The maximum absolute atomic E-state index is 12.4. The molecule has 1 aliphatic rings. The van der Waals surface area contributed by atoms with Gasteiger partial charge in [0, 0.05) is 5.70 Å². The first-order chi connectivity index (χ1) is 11.5. The van der Waals surface area contributed by atoms with Gasteiger partial charge in [-0.1, -0.05) is 12.1 Å². The molecule has 0 bridgehead atoms. The van der Waals surface area contributed by atoms with Crippen LogP contribution >= 0.6 is 0 Å². The Bertz CT molecular complexity index is 823. The normalized spacial score (nSPS) is 16.3. The highest BCUT2D eigenvalue weighted by Gasteiger charge is 2.34. The molecule has 3 rings (SSSR count). The number of nitrogens with zero attached hydrogens (tertiary/aromatic N) is 3. The minimum Gasteiger partial charge on any atom is -0.478 e. The number of esters is 1. The SMILES string of the molecule is CCOC(=O)C1=C(C)Nc2ncnn2[C@H]1c1ccc(C(=O)O)cc1. The van der Waals surface area contributed by atoms with Gasteiger partial charge in [-0.2, -0.15) is 10.1 Å². The summed E-state index contributed by atoms with van der Waals surface area (Å²) >= 11 is 0. The number of carboxylic acids is 1. The predicted octanol–water partition coefficient (Wildman–Crippen LogP) is 1.83. The number of aromatic nitrogens is 3. The van der Waals surface area contributed by atoms with Gasteiger partial charge in [0.1, 0.15) is 12.4 Å². The predicted molar refractivity (Wildman–Crippen MR) is 84.5 cm³/mol. The van der Waals surface area contributed by atoms with Gasteiger partial charge >= 0.3 is 11.9 Å². The Hall–Kier alpha value is -3.16. The Kier molecular flexibility index (Phi) is 4.03. The Morgan fingerprint density at radius 3 is 2.67 bits per heavy atom. The first-order valence-corrected chi connectivity index (χ1v) is 7.40. The van der Waals surface area contributed by atoms with Gasteiger partial charge in [0.25, 0.3) is 0 Å². The molecule has 0 aliphatic carbocycles. The Balaban J connectivity index is 2.10. The number of nitrogens with one attached hydrogen (secondary N) is 1. The van der Waals surface area contributed by atoms with Gasteiger partial charge in [-0.25, -0.2) is 14.3 Å². The van der Waals surface area contributed by atoms with E-state index in [0.717, 1.165) is 5.56 Å². The molecule has 0 saturated carbocycles. The maximum atomic E-state index is 12.4. The summed E-state index contributed by atoms with van der Waals surface area (Å²) in [6.07, 6.45) is 1.39. The van der Waals surface area contributed by atoms with E-state index in [1.165, 1.54) is 18.5 Å². The van der Waals surface area contributed by atoms with E-state index in [1.807, 2.05) is 0 Å². The van der Waals surface area contributed by atoms with Crippen molar-refractivity contribution >= 4 is 17.9 Å². The van der Waals surface area contributed by atoms with Crippen molar-refractivity contribution in [3.63, 3.8) is 0 Å². The highest BCUT2D eigenvalue weighted by Crippen LogP contribution is 2.35. The Morgan fingerprint density at radius 1 is 1.33 bits per heavy atom. The fraction of sp³-hybridized carbons (Fsp3) is 0.250. The molecular formula is C16H16N4O4. The van der Waals surface area contributed by atoms with Crippen LogP contribution < -0.4 is 5.32 Å². The molecule has 0 radical (unpaired) electrons. The highest BCUT2D eigenvalue weighted by molar-refractivity contribution is 5.92. The molecule has 0 amide bonds. The van der Waals surface area contributed by atoms with Crippen LogP contribution in [0.25, 0.3) is 0 Å². The fourth-order valence-corrected chi connectivity index (χ4v) is 2.68. The number of aromatic carboxylic acids is 1. The van der Waals surface area contributed by atoms with E-state index in [0.29, 0.717) is 17.2 Å². The highest BCUT2D eigenvalue weighted by atomic mass is 16.5. The molecule has 2 aromatic rings. The smallest absolute Gasteiger partial charge is 0.338 e. The third-order valence-corrected chi connectivity index (χ3v) is 3.76. The third-order valence-electron chi connectivity index (χ3n) is 3.76. The first kappa shape index (κ1) is 15.7. The fourth-order valence-electron chi connectivity index (χ4n) is 2.68. The molecule has 1 aromatic carbocycles. The van der Waals surface area contributed by atoms with Crippen LogP contribution in [0.2, 0.25) is 0 Å². The van der Waals surface area contributed by atoms with E-state index in [9.17, 15) is 9.59 Å². The summed E-state index contributed by atoms with van der Waals surface area (Å²) in [5, 5.41) is 16.3. The lowest BCUT2D eigenvalue weighted by molar-refractivity contribution is -0.139. The van der Waals surface area contributed by atoms with Crippen LogP contribution in [0.5, 0.6) is 0 Å². The molecule has 2 heterocycles. The molecule has 2 N–H and O–H groups in total. The summed E-state index contributed by atoms with van der Waals surface area (Å²) in [5.74, 6) is -0.950. The number of hydrogen-bond acceptors (Lipinski definition) is 6. The zero-order valence-corrected chi connectivity index (χ0v) is 13.2. The van der Waals surface area contributed by atoms with Crippen LogP contribution in [0.3, 0.4) is 0 Å². The average molecular weight is 328 g/mol. The van der Waals surface area contributed by atoms with E-state index in [2.05, 4.69) is 15.4 Å². The van der Waals surface area contributed by atoms with E-state index < -0.39 is 18.0 Å². The second-order valence-corrected chi connectivity index (χ2v) is 5.24. The summed E-state index contributed by atoms with van der Waals surface area (Å²) in [5.41, 5.74) is 1.93. The molecule has 0 unspecified atom stereocenters. The first-order valence-electron chi connectivity index (χ1n) is 7.40. The number of rotatable bonds is 4. The zero-order valence-electron chi connectivity index (χ0n) is 13.2. The van der Waals surface area contributed by atoms with Crippen LogP contribution in [0, 0.1) is 0 Å². The Morgan fingerprint density at radius 2 is 2.04 bits per heavy atom. The molecule has 0 spiro atoms. The summed E-state index contributed by atoms with van der Waals surface area (Å²) in [6.45, 7) is 3.76. The van der Waals surface area contributed by atoms with Crippen molar-refractivity contribution < 1.29 is 19.4 Å². The molecule has 24 heavy (non-hydrogen) atoms. The van der Waals surface area contributed by atoms with Crippen LogP contribution in [0.15, 0.2) is 41.9 Å². The number of fused-ring (bicyclic) bond motifs is 1. The molecule has 8 heteroatoms. The van der Waals surface area contributed by atoms with Crippen LogP contribution in [0.4, 0.5) is 5.95 Å². The molecule has 124 valence electrons. The van der Waals surface area contributed by atoms with Gasteiger partial charge in [0.15, 0.2) is 0 Å². The van der Waals surface area contributed by atoms with Gasteiger partial charge in [-0.05, 0) is 31.5 Å². The number of carbonyl (C=O) groups is 2. The van der Waals surface area contributed by atoms with Gasteiger partial charge < -0.3 is 15.2 Å². The van der Waals surface area contributed by atoms with Crippen molar-refractivity contribution in [3.05, 3.63) is 53.0 Å².